The zero-order valence-corrected chi connectivity index (χ0v) is 12.5. The van der Waals surface area contributed by atoms with Gasteiger partial charge in [0.1, 0.15) is 12.0 Å². The number of ether oxygens (including phenoxy) is 2. The predicted molar refractivity (Wildman–Crippen MR) is 84.4 cm³/mol. The highest BCUT2D eigenvalue weighted by Gasteiger charge is 2.42. The van der Waals surface area contributed by atoms with E-state index < -0.39 is 0 Å². The van der Waals surface area contributed by atoms with Gasteiger partial charge < -0.3 is 9.47 Å². The first-order chi connectivity index (χ1) is 10.8. The highest BCUT2D eigenvalue weighted by atomic mass is 16.6. The summed E-state index contributed by atoms with van der Waals surface area (Å²) in [6.07, 6.45) is 1.74. The molecule has 0 spiro atoms. The van der Waals surface area contributed by atoms with Crippen molar-refractivity contribution >= 4 is 5.97 Å². The van der Waals surface area contributed by atoms with Gasteiger partial charge in [-0.3, -0.25) is 4.79 Å². The number of rotatable bonds is 7. The van der Waals surface area contributed by atoms with Crippen molar-refractivity contribution in [1.82, 2.24) is 0 Å². The molecule has 3 rings (SSSR count). The summed E-state index contributed by atoms with van der Waals surface area (Å²) in [5.41, 5.74) is 2.23. The molecule has 2 unspecified atom stereocenters. The number of cyclic esters (lactones) is 1. The Morgan fingerprint density at radius 2 is 1.64 bits per heavy atom. The lowest BCUT2D eigenvalue weighted by Gasteiger charge is -2.35. The first-order valence-corrected chi connectivity index (χ1v) is 7.72. The van der Waals surface area contributed by atoms with Crippen LogP contribution in [0.15, 0.2) is 60.7 Å². The number of hydrogen-bond acceptors (Lipinski definition) is 3. The average molecular weight is 296 g/mol. The first-order valence-electron chi connectivity index (χ1n) is 7.72. The number of esters is 1. The van der Waals surface area contributed by atoms with Crippen molar-refractivity contribution in [2.24, 2.45) is 0 Å². The van der Waals surface area contributed by atoms with E-state index in [4.69, 9.17) is 9.47 Å². The fourth-order valence-corrected chi connectivity index (χ4v) is 2.76. The molecule has 0 radical (unpaired) electrons. The zero-order chi connectivity index (χ0) is 15.2. The molecule has 2 aromatic carbocycles. The second-order valence-electron chi connectivity index (χ2n) is 5.54. The summed E-state index contributed by atoms with van der Waals surface area (Å²) in [6, 6.07) is 20.0. The largest absolute Gasteiger partial charge is 0.461 e. The van der Waals surface area contributed by atoms with Crippen molar-refractivity contribution < 1.29 is 14.3 Å². The molecule has 0 amide bonds. The molecule has 1 fully saturated rings. The van der Waals surface area contributed by atoms with E-state index >= 15 is 0 Å². The van der Waals surface area contributed by atoms with Gasteiger partial charge in [0.2, 0.25) is 0 Å². The van der Waals surface area contributed by atoms with Crippen LogP contribution in [0.2, 0.25) is 0 Å². The van der Waals surface area contributed by atoms with Crippen LogP contribution >= 0.6 is 0 Å². The minimum Gasteiger partial charge on any atom is -0.461 e. The Kier molecular flexibility index (Phi) is 4.86. The summed E-state index contributed by atoms with van der Waals surface area (Å²) >= 11 is 0. The van der Waals surface area contributed by atoms with E-state index in [0.717, 1.165) is 18.4 Å². The molecular weight excluding hydrogens is 276 g/mol. The lowest BCUT2D eigenvalue weighted by molar-refractivity contribution is -0.176. The summed E-state index contributed by atoms with van der Waals surface area (Å²) in [5.74, 6) is -0.211. The molecule has 2 atom stereocenters. The molecule has 0 aromatic heterocycles. The minimum absolute atomic E-state index is 0.00442. The first kappa shape index (κ1) is 14.8. The average Bonchev–Trinajstić information content (AvgIpc) is 2.55. The lowest BCUT2D eigenvalue weighted by atomic mass is 9.86. The standard InChI is InChI=1S/C19H20O3/c20-19-18(16-10-5-2-6-11-16)17(22-19)12-7-13-21-14-15-8-3-1-4-9-15/h1-6,8-11,17-18H,7,12-14H2. The Hall–Kier alpha value is -2.13. The fourth-order valence-electron chi connectivity index (χ4n) is 2.76. The predicted octanol–water partition coefficient (Wildman–Crippen LogP) is 3.69. The summed E-state index contributed by atoms with van der Waals surface area (Å²) in [5, 5.41) is 0. The highest BCUT2D eigenvalue weighted by Crippen LogP contribution is 2.35. The SMILES string of the molecule is O=C1OC(CCCOCc2ccccc2)C1c1ccccc1. The van der Waals surface area contributed by atoms with E-state index in [1.165, 1.54) is 5.56 Å². The normalized spacial score (nSPS) is 20.3. The zero-order valence-electron chi connectivity index (χ0n) is 12.5. The molecule has 22 heavy (non-hydrogen) atoms. The molecule has 1 aliphatic heterocycles. The minimum atomic E-state index is -0.110. The molecule has 1 saturated heterocycles. The molecule has 2 aromatic rings. The number of hydrogen-bond donors (Lipinski definition) is 0. The topological polar surface area (TPSA) is 35.5 Å². The Morgan fingerprint density at radius 1 is 0.955 bits per heavy atom. The second kappa shape index (κ2) is 7.23. The molecule has 1 aliphatic rings. The van der Waals surface area contributed by atoms with Crippen LogP contribution in [0.3, 0.4) is 0 Å². The maximum atomic E-state index is 11.7. The third kappa shape index (κ3) is 3.55. The van der Waals surface area contributed by atoms with Gasteiger partial charge in [0.25, 0.3) is 0 Å². The van der Waals surface area contributed by atoms with Gasteiger partial charge in [0.15, 0.2) is 0 Å². The molecule has 114 valence electrons. The van der Waals surface area contributed by atoms with Gasteiger partial charge in [-0.25, -0.2) is 0 Å². The van der Waals surface area contributed by atoms with E-state index in [1.54, 1.807) is 0 Å². The Balaban J connectivity index is 1.40. The van der Waals surface area contributed by atoms with Crippen LogP contribution in [-0.4, -0.2) is 18.7 Å². The Labute approximate surface area is 130 Å². The van der Waals surface area contributed by atoms with Crippen LogP contribution < -0.4 is 0 Å². The van der Waals surface area contributed by atoms with Gasteiger partial charge in [-0.2, -0.15) is 0 Å². The van der Waals surface area contributed by atoms with Gasteiger partial charge in [0.05, 0.1) is 6.61 Å². The third-order valence-electron chi connectivity index (χ3n) is 3.94. The van der Waals surface area contributed by atoms with Crippen LogP contribution in [0.25, 0.3) is 0 Å². The van der Waals surface area contributed by atoms with Crippen LogP contribution in [0.5, 0.6) is 0 Å². The number of benzene rings is 2. The van der Waals surface area contributed by atoms with Gasteiger partial charge >= 0.3 is 5.97 Å². The van der Waals surface area contributed by atoms with Crippen molar-refractivity contribution in [1.29, 1.82) is 0 Å². The molecule has 1 heterocycles. The molecule has 0 aliphatic carbocycles. The molecule has 3 heteroatoms. The summed E-state index contributed by atoms with van der Waals surface area (Å²) in [4.78, 5) is 11.7. The molecule has 0 N–H and O–H groups in total. The lowest BCUT2D eigenvalue weighted by Crippen LogP contribution is -2.43. The van der Waals surface area contributed by atoms with E-state index in [1.807, 2.05) is 48.5 Å². The van der Waals surface area contributed by atoms with E-state index in [2.05, 4.69) is 12.1 Å². The van der Waals surface area contributed by atoms with Crippen molar-refractivity contribution in [3.8, 4) is 0 Å². The van der Waals surface area contributed by atoms with Gasteiger partial charge in [-0.15, -0.1) is 0 Å². The van der Waals surface area contributed by atoms with Gasteiger partial charge in [-0.1, -0.05) is 60.7 Å². The maximum absolute atomic E-state index is 11.7. The fraction of sp³-hybridized carbons (Fsp3) is 0.316. The smallest absolute Gasteiger partial charge is 0.317 e. The van der Waals surface area contributed by atoms with Crippen molar-refractivity contribution in [3.63, 3.8) is 0 Å². The number of carbonyl (C=O) groups excluding carboxylic acids is 1. The Morgan fingerprint density at radius 3 is 2.32 bits per heavy atom. The van der Waals surface area contributed by atoms with Crippen LogP contribution in [0, 0.1) is 0 Å². The van der Waals surface area contributed by atoms with E-state index in [0.29, 0.717) is 13.2 Å². The summed E-state index contributed by atoms with van der Waals surface area (Å²) in [7, 11) is 0. The van der Waals surface area contributed by atoms with Crippen molar-refractivity contribution in [2.75, 3.05) is 6.61 Å². The third-order valence-corrected chi connectivity index (χ3v) is 3.94. The van der Waals surface area contributed by atoms with E-state index in [-0.39, 0.29) is 18.0 Å². The maximum Gasteiger partial charge on any atom is 0.317 e. The molecule has 3 nitrogen and oxygen atoms in total. The molecule has 0 bridgehead atoms. The quantitative estimate of drug-likeness (QED) is 0.577. The number of carbonyl (C=O) groups is 1. The van der Waals surface area contributed by atoms with E-state index in [9.17, 15) is 4.79 Å². The Bertz CT molecular complexity index is 595. The highest BCUT2D eigenvalue weighted by molar-refractivity contribution is 5.84. The summed E-state index contributed by atoms with van der Waals surface area (Å²) < 4.78 is 10.9. The van der Waals surface area contributed by atoms with Crippen molar-refractivity contribution in [2.45, 2.75) is 31.5 Å². The molecule has 0 saturated carbocycles. The van der Waals surface area contributed by atoms with Crippen molar-refractivity contribution in [3.05, 3.63) is 71.8 Å². The van der Waals surface area contributed by atoms with Crippen LogP contribution in [0.1, 0.15) is 29.9 Å². The molecular formula is C19H20O3. The summed E-state index contributed by atoms with van der Waals surface area (Å²) in [6.45, 7) is 1.32. The van der Waals surface area contributed by atoms with Crippen LogP contribution in [0.4, 0.5) is 0 Å². The van der Waals surface area contributed by atoms with Gasteiger partial charge in [-0.05, 0) is 24.0 Å². The van der Waals surface area contributed by atoms with Crippen LogP contribution in [-0.2, 0) is 20.9 Å². The van der Waals surface area contributed by atoms with Gasteiger partial charge in [0, 0.05) is 6.61 Å². The monoisotopic (exact) mass is 296 g/mol. The second-order valence-corrected chi connectivity index (χ2v) is 5.54.